The van der Waals surface area contributed by atoms with E-state index in [2.05, 4.69) is 71.9 Å². The van der Waals surface area contributed by atoms with E-state index in [1.807, 2.05) is 6.07 Å². The average Bonchev–Trinajstić information content (AvgIpc) is 3.26. The fourth-order valence-electron chi connectivity index (χ4n) is 5.76. The van der Waals surface area contributed by atoms with Crippen molar-refractivity contribution in [1.29, 1.82) is 0 Å². The molecule has 0 saturated heterocycles. The second-order valence-corrected chi connectivity index (χ2v) is 12.8. The molecular weight excluding hydrogens is 471 g/mol. The maximum Gasteiger partial charge on any atom is -0.0410 e. The molecular formula is C30H46O2Se. The Hall–Kier alpha value is -1.31. The van der Waals surface area contributed by atoms with Crippen LogP contribution in [0.2, 0.25) is 0 Å². The van der Waals surface area contributed by atoms with E-state index < -0.39 is 0 Å². The van der Waals surface area contributed by atoms with Crippen molar-refractivity contribution in [2.75, 3.05) is 6.61 Å². The third-order valence-corrected chi connectivity index (χ3v) is 9.85. The topological polar surface area (TPSA) is 26.3 Å². The fraction of sp³-hybridized carbons (Fsp3) is 0.633. The van der Waals surface area contributed by atoms with Gasteiger partial charge in [0.2, 0.25) is 0 Å². The first kappa shape index (κ1) is 27.9. The molecule has 3 heteroatoms. The van der Waals surface area contributed by atoms with Gasteiger partial charge in [-0.25, -0.2) is 0 Å². The molecule has 1 aromatic carbocycles. The smallest absolute Gasteiger partial charge is 0.0410 e. The van der Waals surface area contributed by atoms with Gasteiger partial charge in [0, 0.05) is 0 Å². The molecule has 2 rings (SSSR count). The molecule has 33 heavy (non-hydrogen) atoms. The summed E-state index contributed by atoms with van der Waals surface area (Å²) in [5, 5.41) is 0. The molecule has 0 N–H and O–H groups in total. The minimum Gasteiger partial charge on any atom is -0.0622 e. The van der Waals surface area contributed by atoms with Crippen LogP contribution in [0.4, 0.5) is 0 Å². The van der Waals surface area contributed by atoms with Crippen molar-refractivity contribution in [2.45, 2.75) is 92.9 Å². The van der Waals surface area contributed by atoms with E-state index in [0.29, 0.717) is 5.41 Å². The average molecular weight is 518 g/mol. The number of carbonyl (C=O) groups excluding carboxylic acids is 1. The van der Waals surface area contributed by atoms with Crippen LogP contribution < -0.4 is 4.74 Å². The number of hydrogen-bond acceptors (Lipinski definition) is 2. The molecule has 0 aliphatic heterocycles. The molecule has 0 fully saturated rings. The van der Waals surface area contributed by atoms with E-state index in [0.717, 1.165) is 47.3 Å². The molecule has 0 radical (unpaired) electrons. The van der Waals surface area contributed by atoms with Gasteiger partial charge in [0.05, 0.1) is 0 Å². The Morgan fingerprint density at radius 1 is 0.758 bits per heavy atom. The molecule has 0 atom stereocenters. The number of unbranched alkanes of at least 4 members (excludes halogenated alkanes) is 6. The van der Waals surface area contributed by atoms with Gasteiger partial charge < -0.3 is 0 Å². The van der Waals surface area contributed by atoms with Crippen molar-refractivity contribution in [1.82, 2.24) is 0 Å². The van der Waals surface area contributed by atoms with Gasteiger partial charge in [-0.3, -0.25) is 0 Å². The molecule has 0 bridgehead atoms. The number of aldehydes is 1. The summed E-state index contributed by atoms with van der Waals surface area (Å²) in [6.07, 6.45) is 11.5. The summed E-state index contributed by atoms with van der Waals surface area (Å²) < 4.78 is 8.11. The first-order valence-corrected chi connectivity index (χ1v) is 14.8. The first-order valence-electron chi connectivity index (χ1n) is 13.1. The van der Waals surface area contributed by atoms with E-state index in [4.69, 9.17) is 4.74 Å². The number of hydrogen-bond donors (Lipinski definition) is 0. The van der Waals surface area contributed by atoms with E-state index >= 15 is 0 Å². The maximum atomic E-state index is 10.9. The second-order valence-electron chi connectivity index (χ2n) is 10.5. The normalized spacial score (nSPS) is 12.2. The summed E-state index contributed by atoms with van der Waals surface area (Å²) in [4.78, 5) is 10.9. The van der Waals surface area contributed by atoms with Crippen LogP contribution in [0.5, 0.6) is 5.75 Å². The van der Waals surface area contributed by atoms with Gasteiger partial charge in [-0.15, -0.1) is 0 Å². The van der Waals surface area contributed by atoms with Crippen LogP contribution in [-0.2, 0) is 0 Å². The first-order chi connectivity index (χ1) is 15.8. The molecule has 0 spiro atoms. The zero-order valence-electron chi connectivity index (χ0n) is 21.9. The van der Waals surface area contributed by atoms with Gasteiger partial charge in [0.1, 0.15) is 0 Å². The number of ether oxygens (including phenoxy) is 1. The van der Waals surface area contributed by atoms with Gasteiger partial charge in [0.25, 0.3) is 0 Å². The van der Waals surface area contributed by atoms with Gasteiger partial charge in [-0.2, -0.15) is 0 Å². The summed E-state index contributed by atoms with van der Waals surface area (Å²) in [6.45, 7) is 15.3. The zero-order valence-corrected chi connectivity index (χ0v) is 23.6. The van der Waals surface area contributed by atoms with Crippen LogP contribution in [-0.4, -0.2) is 27.4 Å². The summed E-state index contributed by atoms with van der Waals surface area (Å²) in [6, 6.07) is 12.3. The molecule has 0 saturated carbocycles. The maximum absolute atomic E-state index is 10.9. The van der Waals surface area contributed by atoms with Crippen LogP contribution in [0.3, 0.4) is 0 Å². The Morgan fingerprint density at radius 2 is 1.30 bits per heavy atom. The molecule has 2 aromatic rings. The van der Waals surface area contributed by atoms with Crippen LogP contribution in [0.15, 0.2) is 36.4 Å². The Bertz CT molecular complexity index is 779. The Labute approximate surface area is 209 Å². The molecule has 0 amide bonds. The predicted octanol–water partition coefficient (Wildman–Crippen LogP) is 8.68. The van der Waals surface area contributed by atoms with Crippen LogP contribution in [0, 0.1) is 23.2 Å². The van der Waals surface area contributed by atoms with Crippen LogP contribution >= 0.6 is 0 Å². The quantitative estimate of drug-likeness (QED) is 0.126. The van der Waals surface area contributed by atoms with Crippen molar-refractivity contribution < 1.29 is 9.53 Å². The van der Waals surface area contributed by atoms with Gasteiger partial charge in [-0.1, -0.05) is 54.4 Å². The summed E-state index contributed by atoms with van der Waals surface area (Å²) in [5.74, 6) is 3.20. The minimum absolute atomic E-state index is 0.143. The van der Waals surface area contributed by atoms with Gasteiger partial charge in [-0.05, 0) is 29.6 Å². The number of carbonyl (C=O) groups is 1. The molecule has 1 heterocycles. The number of benzene rings is 1. The van der Waals surface area contributed by atoms with E-state index in [-0.39, 0.29) is 14.5 Å². The Balaban J connectivity index is 1.57. The Morgan fingerprint density at radius 3 is 1.82 bits per heavy atom. The fourth-order valence-corrected chi connectivity index (χ4v) is 7.50. The van der Waals surface area contributed by atoms with Crippen molar-refractivity contribution in [3.05, 3.63) is 40.8 Å². The molecule has 0 aliphatic rings. The van der Waals surface area contributed by atoms with Crippen molar-refractivity contribution in [2.24, 2.45) is 23.2 Å². The zero-order chi connectivity index (χ0) is 24.3. The molecule has 184 valence electrons. The monoisotopic (exact) mass is 518 g/mol. The molecule has 2 nitrogen and oxygen atoms in total. The third-order valence-electron chi connectivity index (χ3n) is 7.63. The summed E-state index contributed by atoms with van der Waals surface area (Å²) in [5.41, 5.74) is 1.68. The van der Waals surface area contributed by atoms with Crippen molar-refractivity contribution in [3.8, 4) is 15.8 Å². The van der Waals surface area contributed by atoms with Crippen LogP contribution in [0.25, 0.3) is 10.0 Å². The number of rotatable bonds is 16. The van der Waals surface area contributed by atoms with E-state index in [1.54, 1.807) is 0 Å². The van der Waals surface area contributed by atoms with Crippen molar-refractivity contribution >= 4 is 20.8 Å². The minimum atomic E-state index is 0.143. The Kier molecular flexibility index (Phi) is 12.0. The van der Waals surface area contributed by atoms with E-state index in [9.17, 15) is 4.79 Å². The molecule has 1 aromatic heterocycles. The molecule has 0 unspecified atom stereocenters. The third kappa shape index (κ3) is 8.14. The van der Waals surface area contributed by atoms with Gasteiger partial charge in [0.15, 0.2) is 0 Å². The van der Waals surface area contributed by atoms with Crippen LogP contribution in [0.1, 0.15) is 102 Å². The van der Waals surface area contributed by atoms with Gasteiger partial charge >= 0.3 is 126 Å². The van der Waals surface area contributed by atoms with E-state index in [1.165, 1.54) is 54.9 Å². The predicted molar refractivity (Wildman–Crippen MR) is 144 cm³/mol. The summed E-state index contributed by atoms with van der Waals surface area (Å²) >= 11 is 0.143. The van der Waals surface area contributed by atoms with Crippen molar-refractivity contribution in [3.63, 3.8) is 0 Å². The molecule has 0 aliphatic carbocycles. The standard InChI is InChI=1S/C30H46O2Se/c1-23(2)30(24(3)4,25(5)6)20-12-10-8-7-9-11-13-21-32-27-16-14-26(15-17-27)29-19-18-28(22-31)33-29/h14-19,22-25H,7-13,20-21H2,1-6H3. The second kappa shape index (κ2) is 14.2. The largest absolute Gasteiger partial charge is 0.0622 e. The SMILES string of the molecule is CC(C)C(CCCCCCCCCOc1ccc(-c2ccc(C=O)[se]2)cc1)(C(C)C)C(C)C. The summed E-state index contributed by atoms with van der Waals surface area (Å²) in [7, 11) is 0.